The molecular weight excluding hydrogens is 572 g/mol. The number of carbonyl (C=O) groups is 1. The number of hydrogen-bond acceptors (Lipinski definition) is 9. The van der Waals surface area contributed by atoms with Crippen molar-refractivity contribution in [3.05, 3.63) is 67.4 Å². The van der Waals surface area contributed by atoms with Crippen molar-refractivity contribution in [2.45, 2.75) is 38.1 Å². The Balaban J connectivity index is 1.47. The molecule has 4 rings (SSSR count). The van der Waals surface area contributed by atoms with E-state index in [2.05, 4.69) is 27.2 Å². The molecule has 3 N–H and O–H groups in total. The molecule has 1 amide bonds. The normalized spacial score (nSPS) is 14.8. The standard InChI is InChI=1S/C29H30F4N6O4/c1-4-27(40)39-11-8-18(9-12-39)42-25-14-20-23(15-24(25)41-3)36-16-37-28(20)38-22-6-5-19(13-21(22)30)43-26(34)7-10-35-17(2)29(31,32)33/h4-7,10,13-18,34-35H,1,8-9,11-12H2,2-3H3,(H,36,37,38)/b10-7-,34-26?. The summed E-state index contributed by atoms with van der Waals surface area (Å²) in [6.45, 7) is 5.52. The fourth-order valence-corrected chi connectivity index (χ4v) is 4.23. The van der Waals surface area contributed by atoms with Crippen molar-refractivity contribution >= 4 is 34.2 Å². The number of carbonyl (C=O) groups excluding carboxylic acids is 1. The lowest BCUT2D eigenvalue weighted by molar-refractivity contribution is -0.149. The zero-order chi connectivity index (χ0) is 31.1. The van der Waals surface area contributed by atoms with Gasteiger partial charge in [0.15, 0.2) is 11.5 Å². The number of rotatable bonds is 10. The number of ether oxygens (including phenoxy) is 3. The van der Waals surface area contributed by atoms with Crippen LogP contribution in [0.5, 0.6) is 17.2 Å². The third-order valence-corrected chi connectivity index (χ3v) is 6.64. The van der Waals surface area contributed by atoms with Gasteiger partial charge in [0.25, 0.3) is 0 Å². The Bertz CT molecular complexity index is 1520. The second-order valence-corrected chi connectivity index (χ2v) is 9.59. The van der Waals surface area contributed by atoms with Gasteiger partial charge in [0.2, 0.25) is 11.8 Å². The van der Waals surface area contributed by atoms with Gasteiger partial charge in [0.05, 0.1) is 18.3 Å². The van der Waals surface area contributed by atoms with Crippen molar-refractivity contribution in [3.8, 4) is 17.2 Å². The number of anilines is 2. The van der Waals surface area contributed by atoms with Crippen molar-refractivity contribution in [3.63, 3.8) is 0 Å². The van der Waals surface area contributed by atoms with Crippen molar-refractivity contribution in [2.24, 2.45) is 0 Å². The van der Waals surface area contributed by atoms with E-state index in [-0.39, 0.29) is 29.3 Å². The van der Waals surface area contributed by atoms with Crippen molar-refractivity contribution < 1.29 is 36.6 Å². The number of benzene rings is 2. The number of hydrogen-bond donors (Lipinski definition) is 3. The van der Waals surface area contributed by atoms with Gasteiger partial charge in [-0.3, -0.25) is 10.2 Å². The molecule has 43 heavy (non-hydrogen) atoms. The summed E-state index contributed by atoms with van der Waals surface area (Å²) in [5.74, 6) is -0.195. The molecule has 0 bridgehead atoms. The predicted octanol–water partition coefficient (Wildman–Crippen LogP) is 5.49. The van der Waals surface area contributed by atoms with Gasteiger partial charge in [-0.25, -0.2) is 14.4 Å². The zero-order valence-electron chi connectivity index (χ0n) is 23.4. The fourth-order valence-electron chi connectivity index (χ4n) is 4.23. The first-order valence-electron chi connectivity index (χ1n) is 13.2. The smallest absolute Gasteiger partial charge is 0.408 e. The van der Waals surface area contributed by atoms with Crippen molar-refractivity contribution in [2.75, 3.05) is 25.5 Å². The number of alkyl halides is 3. The zero-order valence-corrected chi connectivity index (χ0v) is 23.4. The summed E-state index contributed by atoms with van der Waals surface area (Å²) in [6.07, 6.45) is 1.15. The van der Waals surface area contributed by atoms with Gasteiger partial charge in [0, 0.05) is 55.7 Å². The van der Waals surface area contributed by atoms with E-state index in [0.29, 0.717) is 48.3 Å². The average molecular weight is 603 g/mol. The summed E-state index contributed by atoms with van der Waals surface area (Å²) in [5.41, 5.74) is 0.565. The Morgan fingerprint density at radius 3 is 2.58 bits per heavy atom. The van der Waals surface area contributed by atoms with Gasteiger partial charge in [-0.1, -0.05) is 6.58 Å². The van der Waals surface area contributed by atoms with Crippen LogP contribution in [0, 0.1) is 11.2 Å². The van der Waals surface area contributed by atoms with Crippen LogP contribution in [0.1, 0.15) is 19.8 Å². The molecule has 1 aromatic heterocycles. The van der Waals surface area contributed by atoms with Crippen LogP contribution >= 0.6 is 0 Å². The summed E-state index contributed by atoms with van der Waals surface area (Å²) in [6, 6.07) is 5.37. The molecule has 1 aliphatic rings. The first-order chi connectivity index (χ1) is 20.5. The van der Waals surface area contributed by atoms with E-state index in [9.17, 15) is 18.0 Å². The van der Waals surface area contributed by atoms with Crippen LogP contribution < -0.4 is 24.8 Å². The Labute approximate surface area is 244 Å². The Hall–Kier alpha value is -4.88. The quantitative estimate of drug-likeness (QED) is 0.121. The van der Waals surface area contributed by atoms with Crippen LogP contribution in [0.4, 0.5) is 29.1 Å². The first kappa shape index (κ1) is 31.1. The third-order valence-electron chi connectivity index (χ3n) is 6.64. The molecule has 2 aromatic carbocycles. The molecule has 10 nitrogen and oxygen atoms in total. The van der Waals surface area contributed by atoms with Crippen LogP contribution in [-0.2, 0) is 4.79 Å². The van der Waals surface area contributed by atoms with E-state index in [1.165, 1.54) is 31.6 Å². The lowest BCUT2D eigenvalue weighted by Crippen LogP contribution is -2.41. The molecule has 3 aromatic rings. The molecule has 0 saturated carbocycles. The van der Waals surface area contributed by atoms with Crippen LogP contribution in [0.25, 0.3) is 10.9 Å². The molecule has 1 fully saturated rings. The molecular formula is C29H30F4N6O4. The number of piperidine rings is 1. The Morgan fingerprint density at radius 1 is 1.19 bits per heavy atom. The minimum Gasteiger partial charge on any atom is -0.493 e. The maximum Gasteiger partial charge on any atom is 0.408 e. The van der Waals surface area contributed by atoms with Crippen molar-refractivity contribution in [1.29, 1.82) is 5.41 Å². The number of nitrogens with zero attached hydrogens (tertiary/aromatic N) is 3. The van der Waals surface area contributed by atoms with Crippen LogP contribution in [0.2, 0.25) is 0 Å². The highest BCUT2D eigenvalue weighted by atomic mass is 19.4. The maximum absolute atomic E-state index is 15.0. The summed E-state index contributed by atoms with van der Waals surface area (Å²) in [7, 11) is 1.51. The van der Waals surface area contributed by atoms with Gasteiger partial charge in [-0.2, -0.15) is 13.2 Å². The maximum atomic E-state index is 15.0. The summed E-state index contributed by atoms with van der Waals surface area (Å²) >= 11 is 0. The van der Waals surface area contributed by atoms with E-state index in [0.717, 1.165) is 25.3 Å². The fraction of sp³-hybridized carbons (Fsp3) is 0.310. The molecule has 1 aliphatic heterocycles. The van der Waals surface area contributed by atoms with Crippen LogP contribution in [0.3, 0.4) is 0 Å². The van der Waals surface area contributed by atoms with Gasteiger partial charge in [-0.05, 0) is 31.2 Å². The number of aromatic nitrogens is 2. The number of fused-ring (bicyclic) bond motifs is 1. The number of amides is 1. The summed E-state index contributed by atoms with van der Waals surface area (Å²) < 4.78 is 69.7. The van der Waals surface area contributed by atoms with Crippen molar-refractivity contribution in [1.82, 2.24) is 20.2 Å². The highest BCUT2D eigenvalue weighted by Gasteiger charge is 2.35. The largest absolute Gasteiger partial charge is 0.493 e. The number of methoxy groups -OCH3 is 1. The summed E-state index contributed by atoms with van der Waals surface area (Å²) in [5, 5.41) is 13.3. The van der Waals surface area contributed by atoms with E-state index in [4.69, 9.17) is 19.6 Å². The molecule has 0 spiro atoms. The molecule has 1 saturated heterocycles. The minimum atomic E-state index is -4.44. The SMILES string of the molecule is C=CC(=O)N1CCC(Oc2cc3c(Nc4ccc(OC(=N)/C=C\NC(C)C(F)(F)F)cc4F)ncnc3cc2OC)CC1. The highest BCUT2D eigenvalue weighted by Crippen LogP contribution is 2.36. The second-order valence-electron chi connectivity index (χ2n) is 9.59. The molecule has 14 heteroatoms. The van der Waals surface area contributed by atoms with Gasteiger partial charge in [-0.15, -0.1) is 0 Å². The van der Waals surface area contributed by atoms with E-state index in [1.54, 1.807) is 17.0 Å². The first-order valence-corrected chi connectivity index (χ1v) is 13.2. The Morgan fingerprint density at radius 2 is 1.93 bits per heavy atom. The van der Waals surface area contributed by atoms with Gasteiger partial charge in [0.1, 0.15) is 35.9 Å². The number of halogens is 4. The topological polar surface area (TPSA) is 122 Å². The molecule has 1 atom stereocenters. The molecule has 228 valence electrons. The van der Waals surface area contributed by atoms with E-state index < -0.39 is 23.9 Å². The Kier molecular flexibility index (Phi) is 9.68. The predicted molar refractivity (Wildman–Crippen MR) is 152 cm³/mol. The average Bonchev–Trinajstić information content (AvgIpc) is 2.97. The second kappa shape index (κ2) is 13.4. The lowest BCUT2D eigenvalue weighted by Gasteiger charge is -2.31. The molecule has 0 aliphatic carbocycles. The molecule has 2 heterocycles. The highest BCUT2D eigenvalue weighted by molar-refractivity contribution is 5.93. The molecule has 0 radical (unpaired) electrons. The van der Waals surface area contributed by atoms with Crippen LogP contribution in [-0.4, -0.2) is 65.2 Å². The van der Waals surface area contributed by atoms with E-state index >= 15 is 4.39 Å². The lowest BCUT2D eigenvalue weighted by atomic mass is 10.1. The number of nitrogens with one attached hydrogen (secondary N) is 3. The van der Waals surface area contributed by atoms with Crippen LogP contribution in [0.15, 0.2) is 61.6 Å². The third kappa shape index (κ3) is 7.90. The number of likely N-dealkylation sites (tertiary alicyclic amines) is 1. The van der Waals surface area contributed by atoms with E-state index in [1.807, 2.05) is 0 Å². The van der Waals surface area contributed by atoms with Gasteiger partial charge < -0.3 is 29.7 Å². The molecule has 1 unspecified atom stereocenters. The van der Waals surface area contributed by atoms with Gasteiger partial charge >= 0.3 is 6.18 Å². The summed E-state index contributed by atoms with van der Waals surface area (Å²) in [4.78, 5) is 22.1. The minimum absolute atomic E-state index is 0.0321. The monoisotopic (exact) mass is 602 g/mol.